The van der Waals surface area contributed by atoms with Gasteiger partial charge in [0, 0.05) is 33.3 Å². The minimum Gasteiger partial charge on any atom is -0.444 e. The van der Waals surface area contributed by atoms with E-state index in [2.05, 4.69) is 29.2 Å². The fraction of sp³-hybridized carbons (Fsp3) is 0.765. The molecule has 0 bridgehead atoms. The second kappa shape index (κ2) is 7.27. The molecular weight excluding hydrogens is 322 g/mol. The summed E-state index contributed by atoms with van der Waals surface area (Å²) in [7, 11) is -1.06. The average Bonchev–Trinajstić information content (AvgIpc) is 2.83. The van der Waals surface area contributed by atoms with Crippen molar-refractivity contribution in [2.45, 2.75) is 71.8 Å². The standard InChI is InChI=1S/C17H31N3O3Si/c1-17(2,3)23-16(21)19-8-7-15-14(11-19)18-12-20(15)13-22-9-10-24(4,5)6/h12H,7-11,13H2,1-6H3. The second-order valence-corrected chi connectivity index (χ2v) is 14.2. The Labute approximate surface area is 146 Å². The van der Waals surface area contributed by atoms with Crippen LogP contribution >= 0.6 is 0 Å². The average molecular weight is 354 g/mol. The van der Waals surface area contributed by atoms with Crippen LogP contribution in [0, 0.1) is 0 Å². The predicted octanol–water partition coefficient (Wildman–Crippen LogP) is 3.49. The van der Waals surface area contributed by atoms with Crippen molar-refractivity contribution >= 4 is 14.2 Å². The van der Waals surface area contributed by atoms with Crippen molar-refractivity contribution in [3.05, 3.63) is 17.7 Å². The van der Waals surface area contributed by atoms with Gasteiger partial charge in [0.15, 0.2) is 0 Å². The number of hydrogen-bond donors (Lipinski definition) is 0. The summed E-state index contributed by atoms with van der Waals surface area (Å²) in [6.07, 6.45) is 2.33. The Morgan fingerprint density at radius 3 is 2.67 bits per heavy atom. The van der Waals surface area contributed by atoms with E-state index in [0.717, 1.165) is 24.8 Å². The van der Waals surface area contributed by atoms with E-state index in [1.807, 2.05) is 27.1 Å². The minimum atomic E-state index is -1.06. The normalized spacial score (nSPS) is 15.3. The first-order valence-corrected chi connectivity index (χ1v) is 12.3. The van der Waals surface area contributed by atoms with Crippen LogP contribution in [0.3, 0.4) is 0 Å². The first kappa shape index (κ1) is 19.0. The molecule has 1 aliphatic heterocycles. The molecular formula is C17H31N3O3Si. The summed E-state index contributed by atoms with van der Waals surface area (Å²) < 4.78 is 13.3. The van der Waals surface area contributed by atoms with Gasteiger partial charge in [-0.1, -0.05) is 19.6 Å². The number of carbonyl (C=O) groups is 1. The van der Waals surface area contributed by atoms with E-state index in [9.17, 15) is 4.79 Å². The van der Waals surface area contributed by atoms with Crippen LogP contribution in [0.5, 0.6) is 0 Å². The molecule has 1 aromatic heterocycles. The third-order valence-electron chi connectivity index (χ3n) is 3.87. The number of rotatable bonds is 5. The number of aromatic nitrogens is 2. The Hall–Kier alpha value is -1.34. The van der Waals surface area contributed by atoms with Crippen LogP contribution in [0.1, 0.15) is 32.2 Å². The number of hydrogen-bond acceptors (Lipinski definition) is 4. The highest BCUT2D eigenvalue weighted by Crippen LogP contribution is 2.20. The fourth-order valence-corrected chi connectivity index (χ4v) is 3.26. The third-order valence-corrected chi connectivity index (χ3v) is 5.57. The molecule has 0 spiro atoms. The van der Waals surface area contributed by atoms with Gasteiger partial charge >= 0.3 is 6.09 Å². The maximum atomic E-state index is 12.2. The molecule has 0 N–H and O–H groups in total. The van der Waals surface area contributed by atoms with Gasteiger partial charge in [0.25, 0.3) is 0 Å². The predicted molar refractivity (Wildman–Crippen MR) is 96.7 cm³/mol. The quantitative estimate of drug-likeness (QED) is 0.600. The molecule has 0 saturated heterocycles. The van der Waals surface area contributed by atoms with E-state index in [0.29, 0.717) is 19.8 Å². The lowest BCUT2D eigenvalue weighted by molar-refractivity contribution is 0.0217. The lowest BCUT2D eigenvalue weighted by atomic mass is 10.1. The summed E-state index contributed by atoms with van der Waals surface area (Å²) >= 11 is 0. The zero-order chi connectivity index (χ0) is 18.0. The summed E-state index contributed by atoms with van der Waals surface area (Å²) in [4.78, 5) is 18.4. The maximum absolute atomic E-state index is 12.2. The molecule has 0 aliphatic carbocycles. The van der Waals surface area contributed by atoms with E-state index in [1.54, 1.807) is 4.90 Å². The van der Waals surface area contributed by atoms with Gasteiger partial charge in [-0.2, -0.15) is 0 Å². The number of imidazole rings is 1. The van der Waals surface area contributed by atoms with E-state index in [1.165, 1.54) is 5.69 Å². The van der Waals surface area contributed by atoms with Gasteiger partial charge in [-0.05, 0) is 26.8 Å². The van der Waals surface area contributed by atoms with Crippen LogP contribution in [-0.2, 0) is 29.2 Å². The summed E-state index contributed by atoms with van der Waals surface area (Å²) in [5, 5.41) is 0. The highest BCUT2D eigenvalue weighted by Gasteiger charge is 2.28. The van der Waals surface area contributed by atoms with Crippen molar-refractivity contribution in [2.75, 3.05) is 13.2 Å². The van der Waals surface area contributed by atoms with Gasteiger partial charge < -0.3 is 18.9 Å². The Morgan fingerprint density at radius 2 is 2.04 bits per heavy atom. The zero-order valence-electron chi connectivity index (χ0n) is 15.9. The van der Waals surface area contributed by atoms with Crippen molar-refractivity contribution in [3.63, 3.8) is 0 Å². The van der Waals surface area contributed by atoms with Gasteiger partial charge in [-0.25, -0.2) is 9.78 Å². The molecule has 0 saturated carbocycles. The highest BCUT2D eigenvalue weighted by molar-refractivity contribution is 6.76. The smallest absolute Gasteiger partial charge is 0.410 e. The molecule has 0 fully saturated rings. The molecule has 0 atom stereocenters. The van der Waals surface area contributed by atoms with Gasteiger partial charge in [-0.15, -0.1) is 0 Å². The number of fused-ring (bicyclic) bond motifs is 1. The number of carbonyl (C=O) groups excluding carboxylic acids is 1. The molecule has 136 valence electrons. The Bertz CT molecular complexity index is 573. The summed E-state index contributed by atoms with van der Waals surface area (Å²) in [5.74, 6) is 0. The summed E-state index contributed by atoms with van der Waals surface area (Å²) in [5.41, 5.74) is 1.64. The molecule has 1 aliphatic rings. The van der Waals surface area contributed by atoms with Crippen molar-refractivity contribution in [3.8, 4) is 0 Å². The highest BCUT2D eigenvalue weighted by atomic mass is 28.3. The van der Waals surface area contributed by atoms with Crippen LogP contribution in [-0.4, -0.2) is 47.4 Å². The van der Waals surface area contributed by atoms with Gasteiger partial charge in [-0.3, -0.25) is 0 Å². The Kier molecular flexibility index (Phi) is 5.75. The van der Waals surface area contributed by atoms with Crippen molar-refractivity contribution < 1.29 is 14.3 Å². The van der Waals surface area contributed by atoms with Crippen LogP contribution in [0.2, 0.25) is 25.7 Å². The van der Waals surface area contributed by atoms with E-state index in [-0.39, 0.29) is 6.09 Å². The SMILES string of the molecule is CC(C)(C)OC(=O)N1CCc2c(ncn2COCC[Si](C)(C)C)C1. The van der Waals surface area contributed by atoms with E-state index >= 15 is 0 Å². The molecule has 0 unspecified atom stereocenters. The lowest BCUT2D eigenvalue weighted by Gasteiger charge is -2.30. The van der Waals surface area contributed by atoms with Gasteiger partial charge in [0.05, 0.1) is 18.6 Å². The number of ether oxygens (including phenoxy) is 2. The largest absolute Gasteiger partial charge is 0.444 e. The first-order chi connectivity index (χ1) is 11.1. The lowest BCUT2D eigenvalue weighted by Crippen LogP contribution is -2.40. The van der Waals surface area contributed by atoms with Crippen molar-refractivity contribution in [1.82, 2.24) is 14.5 Å². The molecule has 2 rings (SSSR count). The van der Waals surface area contributed by atoms with Gasteiger partial charge in [0.1, 0.15) is 12.3 Å². The Morgan fingerprint density at radius 1 is 1.33 bits per heavy atom. The zero-order valence-corrected chi connectivity index (χ0v) is 16.9. The van der Waals surface area contributed by atoms with E-state index < -0.39 is 13.7 Å². The van der Waals surface area contributed by atoms with E-state index in [4.69, 9.17) is 9.47 Å². The minimum absolute atomic E-state index is 0.269. The fourth-order valence-electron chi connectivity index (χ4n) is 2.50. The monoisotopic (exact) mass is 353 g/mol. The maximum Gasteiger partial charge on any atom is 0.410 e. The molecule has 6 nitrogen and oxygen atoms in total. The Balaban J connectivity index is 1.88. The summed E-state index contributed by atoms with van der Waals surface area (Å²) in [6.45, 7) is 15.2. The summed E-state index contributed by atoms with van der Waals surface area (Å²) in [6, 6.07) is 1.16. The van der Waals surface area contributed by atoms with Crippen LogP contribution in [0.25, 0.3) is 0 Å². The van der Waals surface area contributed by atoms with Crippen LogP contribution < -0.4 is 0 Å². The molecule has 0 aromatic carbocycles. The first-order valence-electron chi connectivity index (χ1n) is 8.64. The number of amides is 1. The topological polar surface area (TPSA) is 56.6 Å². The van der Waals surface area contributed by atoms with Crippen molar-refractivity contribution in [1.29, 1.82) is 0 Å². The van der Waals surface area contributed by atoms with Crippen LogP contribution in [0.15, 0.2) is 6.33 Å². The second-order valence-electron chi connectivity index (χ2n) is 8.61. The van der Waals surface area contributed by atoms with Crippen molar-refractivity contribution in [2.24, 2.45) is 0 Å². The third kappa shape index (κ3) is 5.63. The molecule has 24 heavy (non-hydrogen) atoms. The van der Waals surface area contributed by atoms with Gasteiger partial charge in [0.2, 0.25) is 0 Å². The molecule has 1 aromatic rings. The molecule has 2 heterocycles. The number of nitrogens with zero attached hydrogens (tertiary/aromatic N) is 3. The van der Waals surface area contributed by atoms with Crippen LogP contribution in [0.4, 0.5) is 4.79 Å². The molecule has 1 amide bonds. The molecule has 7 heteroatoms. The molecule has 0 radical (unpaired) electrons.